The number of carbonyl (C=O) groups is 1. The van der Waals surface area contributed by atoms with Gasteiger partial charge in [0.15, 0.2) is 0 Å². The monoisotopic (exact) mass is 244 g/mol. The maximum Gasteiger partial charge on any atom is 0.305 e. The molecule has 0 aromatic carbocycles. The Morgan fingerprint density at radius 3 is 2.94 bits per heavy atom. The van der Waals surface area contributed by atoms with Gasteiger partial charge in [-0.15, -0.1) is 0 Å². The highest BCUT2D eigenvalue weighted by Gasteiger charge is 2.25. The van der Waals surface area contributed by atoms with Gasteiger partial charge in [0.2, 0.25) is 0 Å². The van der Waals surface area contributed by atoms with E-state index in [0.29, 0.717) is 19.3 Å². The fourth-order valence-corrected chi connectivity index (χ4v) is 2.02. The predicted molar refractivity (Wildman–Crippen MR) is 67.7 cm³/mol. The zero-order chi connectivity index (χ0) is 14.3. The van der Waals surface area contributed by atoms with E-state index in [-0.39, 0.29) is 18.5 Å². The molecule has 1 N–H and O–H groups in total. The molecule has 1 fully saturated rings. The van der Waals surface area contributed by atoms with Crippen molar-refractivity contribution in [3.05, 3.63) is 0 Å². The Labute approximate surface area is 107 Å². The van der Waals surface area contributed by atoms with E-state index in [1.54, 1.807) is 0 Å². The van der Waals surface area contributed by atoms with Crippen molar-refractivity contribution in [1.29, 1.82) is 0 Å². The van der Waals surface area contributed by atoms with Crippen LogP contribution in [0.15, 0.2) is 0 Å². The normalized spacial score (nSPS) is 27.6. The number of hydrogen-bond acceptors (Lipinski definition) is 3. The first kappa shape index (κ1) is 11.5. The van der Waals surface area contributed by atoms with Crippen LogP contribution in [0.25, 0.3) is 0 Å². The van der Waals surface area contributed by atoms with Gasteiger partial charge in [-0.3, -0.25) is 4.79 Å². The lowest BCUT2D eigenvalue weighted by molar-refractivity contribution is -0.152. The molecule has 0 saturated carbocycles. The highest BCUT2D eigenvalue weighted by atomic mass is 16.5. The van der Waals surface area contributed by atoms with Crippen LogP contribution in [0.4, 0.5) is 0 Å². The fourth-order valence-electron chi connectivity index (χ4n) is 2.02. The summed E-state index contributed by atoms with van der Waals surface area (Å²) in [6.45, 7) is 2.37. The Kier molecular flexibility index (Phi) is 5.77. The lowest BCUT2D eigenvalue weighted by Gasteiger charge is -2.26. The van der Waals surface area contributed by atoms with Crippen molar-refractivity contribution in [3.63, 3.8) is 0 Å². The zero-order valence-electron chi connectivity index (χ0n) is 12.7. The van der Waals surface area contributed by atoms with E-state index in [1.807, 2.05) is 0 Å². The lowest BCUT2D eigenvalue weighted by Crippen LogP contribution is -2.31. The SMILES string of the molecule is [2H]C(CCCCC)C([2H])C[C@H](O)[C@H]1CCC(=O)OC1. The van der Waals surface area contributed by atoms with E-state index in [2.05, 4.69) is 6.92 Å². The third-order valence-corrected chi connectivity index (χ3v) is 3.24. The topological polar surface area (TPSA) is 46.5 Å². The van der Waals surface area contributed by atoms with Crippen LogP contribution < -0.4 is 0 Å². The molecule has 100 valence electrons. The summed E-state index contributed by atoms with van der Waals surface area (Å²) in [5.74, 6) is -0.266. The smallest absolute Gasteiger partial charge is 0.305 e. The van der Waals surface area contributed by atoms with Gasteiger partial charge in [-0.2, -0.15) is 0 Å². The number of aliphatic hydroxyl groups excluding tert-OH is 1. The van der Waals surface area contributed by atoms with Crippen LogP contribution in [0, 0.1) is 5.92 Å². The molecule has 1 saturated heterocycles. The lowest BCUT2D eigenvalue weighted by atomic mass is 9.92. The molecule has 0 aromatic rings. The molecule has 1 aliphatic rings. The van der Waals surface area contributed by atoms with Gasteiger partial charge in [0, 0.05) is 15.1 Å². The molecule has 1 aliphatic heterocycles. The van der Waals surface area contributed by atoms with Gasteiger partial charge in [-0.05, 0) is 12.8 Å². The Hall–Kier alpha value is -0.570. The van der Waals surface area contributed by atoms with Gasteiger partial charge in [0.25, 0.3) is 0 Å². The van der Waals surface area contributed by atoms with Crippen LogP contribution in [0.1, 0.15) is 67.4 Å². The number of rotatable bonds is 8. The van der Waals surface area contributed by atoms with Crippen molar-refractivity contribution >= 4 is 5.97 Å². The van der Waals surface area contributed by atoms with Gasteiger partial charge in [0.05, 0.1) is 12.7 Å². The first-order chi connectivity index (χ1) is 9.04. The van der Waals surface area contributed by atoms with Crippen molar-refractivity contribution in [2.45, 2.75) is 70.8 Å². The molecule has 1 rings (SSSR count). The molecule has 3 nitrogen and oxygen atoms in total. The summed E-state index contributed by atoms with van der Waals surface area (Å²) in [6.07, 6.45) is 3.62. The van der Waals surface area contributed by atoms with E-state index in [0.717, 1.165) is 25.7 Å². The highest BCUT2D eigenvalue weighted by molar-refractivity contribution is 5.69. The summed E-state index contributed by atoms with van der Waals surface area (Å²) in [4.78, 5) is 10.9. The minimum absolute atomic E-state index is 0.0617. The molecule has 0 amide bonds. The summed E-state index contributed by atoms with van der Waals surface area (Å²) in [7, 11) is 0. The first-order valence-corrected chi connectivity index (χ1v) is 6.72. The molecule has 0 radical (unpaired) electrons. The number of carbonyl (C=O) groups excluding carboxylic acids is 1. The number of aliphatic hydroxyl groups is 1. The minimum Gasteiger partial charge on any atom is -0.465 e. The van der Waals surface area contributed by atoms with Crippen molar-refractivity contribution in [1.82, 2.24) is 0 Å². The summed E-state index contributed by atoms with van der Waals surface area (Å²) in [6, 6.07) is 0. The van der Waals surface area contributed by atoms with E-state index < -0.39 is 18.9 Å². The summed E-state index contributed by atoms with van der Waals surface area (Å²) in [5.41, 5.74) is 0. The van der Waals surface area contributed by atoms with E-state index in [9.17, 15) is 9.90 Å². The van der Waals surface area contributed by atoms with Crippen LogP contribution in [-0.4, -0.2) is 23.8 Å². The Balaban J connectivity index is 2.26. The van der Waals surface area contributed by atoms with Crippen molar-refractivity contribution in [3.8, 4) is 0 Å². The molecule has 0 aromatic heterocycles. The number of unbranched alkanes of at least 4 members (excludes halogenated alkanes) is 2. The van der Waals surface area contributed by atoms with Gasteiger partial charge in [0.1, 0.15) is 0 Å². The second-order valence-electron chi connectivity index (χ2n) is 4.75. The van der Waals surface area contributed by atoms with Crippen LogP contribution in [-0.2, 0) is 9.53 Å². The second kappa shape index (κ2) is 8.51. The molecule has 3 heteroatoms. The van der Waals surface area contributed by atoms with E-state index in [1.165, 1.54) is 0 Å². The maximum absolute atomic E-state index is 10.9. The molecule has 1 heterocycles. The standard InChI is InChI=1S/C14H26O3/c1-2-3-4-5-6-7-8-13(15)12-9-10-14(16)17-11-12/h12-13,15H,2-11H2,1H3/t12-,13-/m0/s1/i6D,7D/t6?,7?,12-,13-. The summed E-state index contributed by atoms with van der Waals surface area (Å²) in [5, 5.41) is 10.1. The summed E-state index contributed by atoms with van der Waals surface area (Å²) >= 11 is 0. The van der Waals surface area contributed by atoms with Crippen molar-refractivity contribution < 1.29 is 17.4 Å². The summed E-state index contributed by atoms with van der Waals surface area (Å²) < 4.78 is 20.8. The maximum atomic E-state index is 10.9. The fraction of sp³-hybridized carbons (Fsp3) is 0.929. The molecule has 4 atom stereocenters. The molecule has 17 heavy (non-hydrogen) atoms. The third kappa shape index (κ3) is 6.06. The number of cyclic esters (lactones) is 1. The van der Waals surface area contributed by atoms with Gasteiger partial charge in [-0.25, -0.2) is 0 Å². The minimum atomic E-state index is -0.630. The zero-order valence-corrected chi connectivity index (χ0v) is 10.7. The quantitative estimate of drug-likeness (QED) is 0.527. The van der Waals surface area contributed by atoms with Crippen LogP contribution in [0.5, 0.6) is 0 Å². The van der Waals surface area contributed by atoms with Crippen molar-refractivity contribution in [2.75, 3.05) is 6.61 Å². The van der Waals surface area contributed by atoms with Gasteiger partial charge < -0.3 is 9.84 Å². The number of hydrogen-bond donors (Lipinski definition) is 1. The molecular formula is C14H26O3. The van der Waals surface area contributed by atoms with E-state index >= 15 is 0 Å². The van der Waals surface area contributed by atoms with Crippen LogP contribution >= 0.6 is 0 Å². The van der Waals surface area contributed by atoms with E-state index in [4.69, 9.17) is 7.48 Å². The van der Waals surface area contributed by atoms with Crippen LogP contribution in [0.2, 0.25) is 0 Å². The molecule has 0 spiro atoms. The Bertz CT molecular complexity index is 263. The second-order valence-corrected chi connectivity index (χ2v) is 4.75. The first-order valence-electron chi connectivity index (χ1n) is 7.88. The third-order valence-electron chi connectivity index (χ3n) is 3.24. The largest absolute Gasteiger partial charge is 0.465 e. The molecule has 0 bridgehead atoms. The van der Waals surface area contributed by atoms with Gasteiger partial charge >= 0.3 is 5.97 Å². The molecule has 2 unspecified atom stereocenters. The highest BCUT2D eigenvalue weighted by Crippen LogP contribution is 2.22. The number of esters is 1. The molecular weight excluding hydrogens is 216 g/mol. The van der Waals surface area contributed by atoms with Gasteiger partial charge in [-0.1, -0.05) is 45.4 Å². The number of ether oxygens (including phenoxy) is 1. The van der Waals surface area contributed by atoms with Crippen molar-refractivity contribution in [2.24, 2.45) is 5.92 Å². The Morgan fingerprint density at radius 2 is 2.29 bits per heavy atom. The van der Waals surface area contributed by atoms with Crippen LogP contribution in [0.3, 0.4) is 0 Å². The molecule has 0 aliphatic carbocycles. The Morgan fingerprint density at radius 1 is 1.47 bits per heavy atom. The average Bonchev–Trinajstić information content (AvgIpc) is 2.39. The average molecular weight is 244 g/mol. The predicted octanol–water partition coefficient (Wildman–Crippen LogP) is 3.05.